The van der Waals surface area contributed by atoms with E-state index >= 15 is 0 Å². The maximum atomic E-state index is 11.6. The molecule has 3 heteroatoms. The summed E-state index contributed by atoms with van der Waals surface area (Å²) >= 11 is 0. The number of hydrogen-bond donors (Lipinski definition) is 0. The van der Waals surface area contributed by atoms with Crippen LogP contribution in [-0.2, 0) is 9.53 Å². The Morgan fingerprint density at radius 3 is 2.06 bits per heavy atom. The molecule has 108 valence electrons. The van der Waals surface area contributed by atoms with Gasteiger partial charge in [-0.15, -0.1) is 0 Å². The minimum absolute atomic E-state index is 0.0790. The van der Waals surface area contributed by atoms with Gasteiger partial charge in [0.1, 0.15) is 0 Å². The third kappa shape index (κ3) is 6.39. The molecule has 1 unspecified atom stereocenters. The van der Waals surface area contributed by atoms with E-state index in [1.54, 1.807) is 0 Å². The van der Waals surface area contributed by atoms with Crippen LogP contribution in [0.3, 0.4) is 0 Å². The van der Waals surface area contributed by atoms with Gasteiger partial charge in [-0.2, -0.15) is 0 Å². The first kappa shape index (κ1) is 17.4. The second-order valence-electron chi connectivity index (χ2n) is 5.42. The van der Waals surface area contributed by atoms with Gasteiger partial charge in [-0.25, -0.2) is 0 Å². The highest BCUT2D eigenvalue weighted by atomic mass is 16.5. The molecule has 0 radical (unpaired) electrons. The number of esters is 1. The lowest BCUT2D eigenvalue weighted by atomic mass is 10.0. The molecule has 0 amide bonds. The van der Waals surface area contributed by atoms with Crippen LogP contribution in [0.1, 0.15) is 60.8 Å². The van der Waals surface area contributed by atoms with E-state index in [1.807, 2.05) is 6.92 Å². The molecule has 3 nitrogen and oxygen atoms in total. The van der Waals surface area contributed by atoms with Gasteiger partial charge in [0.05, 0.1) is 13.0 Å². The molecule has 0 saturated carbocycles. The van der Waals surface area contributed by atoms with Crippen LogP contribution in [0, 0.1) is 5.92 Å². The Morgan fingerprint density at radius 1 is 1.11 bits per heavy atom. The molecule has 0 fully saturated rings. The monoisotopic (exact) mass is 257 g/mol. The van der Waals surface area contributed by atoms with Crippen LogP contribution in [0.15, 0.2) is 0 Å². The highest BCUT2D eigenvalue weighted by Gasteiger charge is 2.24. The minimum Gasteiger partial charge on any atom is -0.466 e. The van der Waals surface area contributed by atoms with Crippen LogP contribution >= 0.6 is 0 Å². The lowest BCUT2D eigenvalue weighted by Gasteiger charge is -2.36. The normalized spacial score (nSPS) is 13.4. The molecule has 18 heavy (non-hydrogen) atoms. The summed E-state index contributed by atoms with van der Waals surface area (Å²) in [5.41, 5.74) is 0. The van der Waals surface area contributed by atoms with Crippen LogP contribution in [0.4, 0.5) is 0 Å². The molecule has 0 aromatic heterocycles. The van der Waals surface area contributed by atoms with Gasteiger partial charge in [-0.1, -0.05) is 27.7 Å². The molecule has 1 atom stereocenters. The Kier molecular flexibility index (Phi) is 9.08. The first-order valence-electron chi connectivity index (χ1n) is 7.37. The fraction of sp³-hybridized carbons (Fsp3) is 0.933. The summed E-state index contributed by atoms with van der Waals surface area (Å²) in [7, 11) is 0. The van der Waals surface area contributed by atoms with Crippen molar-refractivity contribution < 1.29 is 9.53 Å². The third-order valence-corrected chi connectivity index (χ3v) is 3.32. The number of rotatable bonds is 9. The van der Waals surface area contributed by atoms with Crippen molar-refractivity contribution in [2.24, 2.45) is 5.92 Å². The molecule has 0 aromatic rings. The molecule has 0 spiro atoms. The van der Waals surface area contributed by atoms with Crippen LogP contribution in [0.2, 0.25) is 0 Å². The number of hydrogen-bond acceptors (Lipinski definition) is 3. The Balaban J connectivity index is 4.57. The zero-order chi connectivity index (χ0) is 14.1. The SMILES string of the molecule is CCOC(=O)CC(C)N(CC(C)C)C(CC)CC. The number of carbonyl (C=O) groups excluding carboxylic acids is 1. The van der Waals surface area contributed by atoms with Gasteiger partial charge in [-0.05, 0) is 32.6 Å². The largest absolute Gasteiger partial charge is 0.466 e. The van der Waals surface area contributed by atoms with Gasteiger partial charge >= 0.3 is 5.97 Å². The van der Waals surface area contributed by atoms with E-state index in [1.165, 1.54) is 0 Å². The van der Waals surface area contributed by atoms with Crippen molar-refractivity contribution >= 4 is 5.97 Å². The Morgan fingerprint density at radius 2 is 1.67 bits per heavy atom. The number of ether oxygens (including phenoxy) is 1. The molecule has 0 heterocycles. The molecule has 0 saturated heterocycles. The Labute approximate surface area is 113 Å². The second kappa shape index (κ2) is 9.37. The molecule has 0 N–H and O–H groups in total. The van der Waals surface area contributed by atoms with E-state index in [4.69, 9.17) is 4.74 Å². The zero-order valence-electron chi connectivity index (χ0n) is 13.0. The topological polar surface area (TPSA) is 29.5 Å². The molecule has 0 rings (SSSR count). The maximum Gasteiger partial charge on any atom is 0.307 e. The fourth-order valence-electron chi connectivity index (χ4n) is 2.45. The minimum atomic E-state index is -0.0790. The van der Waals surface area contributed by atoms with Gasteiger partial charge in [-0.3, -0.25) is 9.69 Å². The highest BCUT2D eigenvalue weighted by molar-refractivity contribution is 5.70. The zero-order valence-corrected chi connectivity index (χ0v) is 13.0. The van der Waals surface area contributed by atoms with Crippen molar-refractivity contribution in [1.29, 1.82) is 0 Å². The lowest BCUT2D eigenvalue weighted by Crippen LogP contribution is -2.44. The summed E-state index contributed by atoms with van der Waals surface area (Å²) in [6, 6.07) is 0.827. The summed E-state index contributed by atoms with van der Waals surface area (Å²) in [5, 5.41) is 0. The highest BCUT2D eigenvalue weighted by Crippen LogP contribution is 2.17. The van der Waals surface area contributed by atoms with Crippen molar-refractivity contribution in [3.05, 3.63) is 0 Å². The first-order valence-corrected chi connectivity index (χ1v) is 7.37. The molecular weight excluding hydrogens is 226 g/mol. The van der Waals surface area contributed by atoms with Crippen LogP contribution in [-0.4, -0.2) is 36.1 Å². The number of nitrogens with zero attached hydrogens (tertiary/aromatic N) is 1. The van der Waals surface area contributed by atoms with Crippen LogP contribution in [0.25, 0.3) is 0 Å². The average Bonchev–Trinajstić information content (AvgIpc) is 2.28. The van der Waals surface area contributed by atoms with Gasteiger partial charge < -0.3 is 4.74 Å². The summed E-state index contributed by atoms with van der Waals surface area (Å²) in [6.45, 7) is 14.4. The van der Waals surface area contributed by atoms with Crippen LogP contribution < -0.4 is 0 Å². The molecule has 0 bridgehead atoms. The first-order chi connectivity index (χ1) is 8.46. The van der Waals surface area contributed by atoms with Gasteiger partial charge in [0.25, 0.3) is 0 Å². The van der Waals surface area contributed by atoms with E-state index in [2.05, 4.69) is 39.5 Å². The molecule has 0 aliphatic heterocycles. The van der Waals surface area contributed by atoms with E-state index < -0.39 is 0 Å². The van der Waals surface area contributed by atoms with E-state index in [-0.39, 0.29) is 12.0 Å². The predicted octanol–water partition coefficient (Wildman–Crippen LogP) is 3.47. The molecule has 0 aliphatic carbocycles. The second-order valence-corrected chi connectivity index (χ2v) is 5.42. The van der Waals surface area contributed by atoms with E-state index in [0.29, 0.717) is 25.0 Å². The van der Waals surface area contributed by atoms with Gasteiger partial charge in [0, 0.05) is 18.6 Å². The summed E-state index contributed by atoms with van der Waals surface area (Å²) in [5.74, 6) is 0.542. The quantitative estimate of drug-likeness (QED) is 0.592. The predicted molar refractivity (Wildman–Crippen MR) is 76.6 cm³/mol. The van der Waals surface area contributed by atoms with Crippen molar-refractivity contribution in [2.75, 3.05) is 13.2 Å². The maximum absolute atomic E-state index is 11.6. The number of carbonyl (C=O) groups is 1. The summed E-state index contributed by atoms with van der Waals surface area (Å²) < 4.78 is 5.05. The Bertz CT molecular complexity index is 225. The van der Waals surface area contributed by atoms with Crippen molar-refractivity contribution in [3.63, 3.8) is 0 Å². The van der Waals surface area contributed by atoms with Gasteiger partial charge in [0.2, 0.25) is 0 Å². The van der Waals surface area contributed by atoms with E-state index in [9.17, 15) is 4.79 Å². The molecular formula is C15H31NO2. The summed E-state index contributed by atoms with van der Waals surface area (Å²) in [4.78, 5) is 14.1. The summed E-state index contributed by atoms with van der Waals surface area (Å²) in [6.07, 6.45) is 2.77. The average molecular weight is 257 g/mol. The van der Waals surface area contributed by atoms with Gasteiger partial charge in [0.15, 0.2) is 0 Å². The lowest BCUT2D eigenvalue weighted by molar-refractivity contribution is -0.144. The molecule has 0 aromatic carbocycles. The third-order valence-electron chi connectivity index (χ3n) is 3.32. The van der Waals surface area contributed by atoms with E-state index in [0.717, 1.165) is 19.4 Å². The van der Waals surface area contributed by atoms with Crippen molar-refractivity contribution in [2.45, 2.75) is 72.9 Å². The van der Waals surface area contributed by atoms with Crippen molar-refractivity contribution in [3.8, 4) is 0 Å². The molecule has 0 aliphatic rings. The van der Waals surface area contributed by atoms with Crippen molar-refractivity contribution in [1.82, 2.24) is 4.90 Å². The Hall–Kier alpha value is -0.570. The standard InChI is InChI=1S/C15H31NO2/c1-7-14(8-2)16(11-12(4)5)13(6)10-15(17)18-9-3/h12-14H,7-11H2,1-6H3. The van der Waals surface area contributed by atoms with Crippen LogP contribution in [0.5, 0.6) is 0 Å². The fourth-order valence-corrected chi connectivity index (χ4v) is 2.45. The smallest absolute Gasteiger partial charge is 0.307 e.